The molecule has 34 heavy (non-hydrogen) atoms. The molecular weight excluding hydrogens is 470 g/mol. The Labute approximate surface area is 198 Å². The number of nitrogen functional groups attached to an aromatic ring is 1. The second-order valence-electron chi connectivity index (χ2n) is 7.66. The molecule has 3 atom stereocenters. The van der Waals surface area contributed by atoms with Crippen LogP contribution in [0.2, 0.25) is 5.28 Å². The number of carboxylic acid groups (broad SMARTS) is 2. The van der Waals surface area contributed by atoms with Crippen LogP contribution in [0.1, 0.15) is 18.7 Å². The zero-order valence-electron chi connectivity index (χ0n) is 18.3. The van der Waals surface area contributed by atoms with Gasteiger partial charge in [0.25, 0.3) is 5.60 Å². The van der Waals surface area contributed by atoms with Crippen molar-refractivity contribution in [3.8, 4) is 0 Å². The van der Waals surface area contributed by atoms with Gasteiger partial charge in [-0.15, -0.1) is 0 Å². The molecule has 0 amide bonds. The van der Waals surface area contributed by atoms with Gasteiger partial charge in [0.05, 0.1) is 19.0 Å². The zero-order chi connectivity index (χ0) is 25.0. The van der Waals surface area contributed by atoms with Crippen molar-refractivity contribution in [2.45, 2.75) is 31.3 Å². The number of imidazole rings is 1. The van der Waals surface area contributed by atoms with E-state index in [1.807, 2.05) is 0 Å². The number of hydrogen-bond acceptors (Lipinski definition) is 9. The quantitative estimate of drug-likeness (QED) is 0.223. The summed E-state index contributed by atoms with van der Waals surface area (Å²) in [5, 5.41) is 30.3. The Morgan fingerprint density at radius 2 is 1.85 bits per heavy atom. The second kappa shape index (κ2) is 10.3. The molecule has 5 N–H and O–H groups in total. The Kier molecular flexibility index (Phi) is 7.67. The highest BCUT2D eigenvalue weighted by Gasteiger charge is 2.49. The van der Waals surface area contributed by atoms with Crippen molar-refractivity contribution in [1.29, 1.82) is 0 Å². The van der Waals surface area contributed by atoms with Gasteiger partial charge in [-0.1, -0.05) is 37.3 Å². The van der Waals surface area contributed by atoms with Gasteiger partial charge in [-0.25, -0.2) is 14.6 Å². The van der Waals surface area contributed by atoms with Gasteiger partial charge in [0, 0.05) is 19.4 Å². The number of carbonyl (C=O) groups is 2. The van der Waals surface area contributed by atoms with Crippen molar-refractivity contribution in [3.63, 3.8) is 0 Å². The van der Waals surface area contributed by atoms with E-state index in [4.69, 9.17) is 26.8 Å². The number of nitrogens with two attached hydrogens (primary N) is 1. The molecule has 2 aromatic heterocycles. The summed E-state index contributed by atoms with van der Waals surface area (Å²) in [6, 6.07) is 8.26. The summed E-state index contributed by atoms with van der Waals surface area (Å²) >= 11 is 5.87. The maximum Gasteiger partial charge on any atom is 0.348 e. The Balaban J connectivity index is 1.84. The third kappa shape index (κ3) is 4.94. The average Bonchev–Trinajstić information content (AvgIpc) is 3.22. The summed E-state index contributed by atoms with van der Waals surface area (Å²) < 4.78 is 12.2. The maximum atomic E-state index is 12.0. The number of aliphatic carboxylic acids is 2. The molecule has 13 heteroatoms. The van der Waals surface area contributed by atoms with Gasteiger partial charge in [0.2, 0.25) is 5.28 Å². The van der Waals surface area contributed by atoms with E-state index in [2.05, 4.69) is 15.0 Å². The number of carboxylic acids is 2. The molecule has 0 saturated carbocycles. The lowest BCUT2D eigenvalue weighted by Gasteiger charge is -2.31. The molecule has 0 unspecified atom stereocenters. The summed E-state index contributed by atoms with van der Waals surface area (Å²) in [4.78, 5) is 36.0. The topological polar surface area (TPSA) is 183 Å². The summed E-state index contributed by atoms with van der Waals surface area (Å²) in [5.74, 6) is -4.01. The molecule has 2 heterocycles. The van der Waals surface area contributed by atoms with E-state index in [0.29, 0.717) is 5.56 Å². The van der Waals surface area contributed by atoms with Crippen LogP contribution in [0.3, 0.4) is 0 Å². The van der Waals surface area contributed by atoms with Gasteiger partial charge in [0.1, 0.15) is 11.7 Å². The van der Waals surface area contributed by atoms with Gasteiger partial charge in [-0.2, -0.15) is 9.97 Å². The molecule has 0 fully saturated rings. The van der Waals surface area contributed by atoms with Crippen LogP contribution in [0, 0.1) is 5.92 Å². The predicted octanol–water partition coefficient (Wildman–Crippen LogP) is 1.37. The van der Waals surface area contributed by atoms with Crippen LogP contribution in [0.5, 0.6) is 0 Å². The third-order valence-electron chi connectivity index (χ3n) is 5.55. The molecule has 3 rings (SSSR count). The van der Waals surface area contributed by atoms with Crippen LogP contribution in [0.25, 0.3) is 11.2 Å². The van der Waals surface area contributed by atoms with Gasteiger partial charge in [-0.3, -0.25) is 4.57 Å². The third-order valence-corrected chi connectivity index (χ3v) is 5.72. The molecule has 0 radical (unpaired) electrons. The number of methoxy groups -OCH3 is 1. The van der Waals surface area contributed by atoms with E-state index >= 15 is 0 Å². The Bertz CT molecular complexity index is 1160. The maximum absolute atomic E-state index is 12.0. The van der Waals surface area contributed by atoms with E-state index in [-0.39, 0.29) is 22.3 Å². The molecular formula is C21H24ClN5O7. The number of aliphatic hydroxyl groups is 1. The first-order valence-corrected chi connectivity index (χ1v) is 10.5. The molecule has 182 valence electrons. The molecule has 0 spiro atoms. The lowest BCUT2D eigenvalue weighted by molar-refractivity contribution is -0.190. The van der Waals surface area contributed by atoms with E-state index in [1.165, 1.54) is 18.0 Å². The van der Waals surface area contributed by atoms with Crippen LogP contribution in [-0.4, -0.2) is 72.2 Å². The number of anilines is 1. The minimum atomic E-state index is -2.56. The number of aromatic nitrogens is 4. The standard InChI is InChI=1S/C21H24ClN5O7/c1-11(17(28)27-10-24-14-15(23)25-20(22)26-16(14)27)13(33-2)9-34-21(18(29)30,19(31)32)8-12-6-4-3-5-7-12/h3-7,10-11,13,17,28H,8-9H2,1-2H3,(H,29,30)(H,31,32)(H2,23,25,26)/t11-,13-,17-/m1/s1. The summed E-state index contributed by atoms with van der Waals surface area (Å²) in [5.41, 5.74) is 4.13. The number of ether oxygens (including phenoxy) is 2. The van der Waals surface area contributed by atoms with Gasteiger partial charge >= 0.3 is 11.9 Å². The summed E-state index contributed by atoms with van der Waals surface area (Å²) in [6.07, 6.45) is -1.29. The predicted molar refractivity (Wildman–Crippen MR) is 120 cm³/mol. The summed E-state index contributed by atoms with van der Waals surface area (Å²) in [6.45, 7) is 1.17. The molecule has 0 saturated heterocycles. The normalized spacial score (nSPS) is 14.6. The van der Waals surface area contributed by atoms with Crippen LogP contribution >= 0.6 is 11.6 Å². The molecule has 0 aliphatic heterocycles. The van der Waals surface area contributed by atoms with Crippen LogP contribution in [-0.2, 0) is 25.5 Å². The lowest BCUT2D eigenvalue weighted by Crippen LogP contribution is -2.52. The minimum absolute atomic E-state index is 0.0360. The van der Waals surface area contributed by atoms with Crippen molar-refractivity contribution < 1.29 is 34.4 Å². The van der Waals surface area contributed by atoms with Gasteiger partial charge in [-0.05, 0) is 17.2 Å². The van der Waals surface area contributed by atoms with E-state index in [0.717, 1.165) is 0 Å². The van der Waals surface area contributed by atoms with Crippen molar-refractivity contribution in [2.24, 2.45) is 5.92 Å². The highest BCUT2D eigenvalue weighted by molar-refractivity contribution is 6.28. The smallest absolute Gasteiger partial charge is 0.348 e. The number of hydrogen-bond donors (Lipinski definition) is 4. The van der Waals surface area contributed by atoms with Gasteiger partial charge in [0.15, 0.2) is 11.5 Å². The average molecular weight is 494 g/mol. The molecule has 12 nitrogen and oxygen atoms in total. The lowest BCUT2D eigenvalue weighted by atomic mass is 9.94. The Morgan fingerprint density at radius 3 is 2.44 bits per heavy atom. The Hall–Kier alpha value is -3.32. The molecule has 1 aromatic carbocycles. The van der Waals surface area contributed by atoms with Crippen molar-refractivity contribution >= 4 is 40.5 Å². The highest BCUT2D eigenvalue weighted by atomic mass is 35.5. The van der Waals surface area contributed by atoms with Crippen molar-refractivity contribution in [3.05, 3.63) is 47.5 Å². The fourth-order valence-corrected chi connectivity index (χ4v) is 3.68. The number of aliphatic hydroxyl groups excluding tert-OH is 1. The number of nitrogens with zero attached hydrogens (tertiary/aromatic N) is 4. The van der Waals surface area contributed by atoms with Crippen LogP contribution < -0.4 is 5.73 Å². The molecule has 3 aromatic rings. The first-order chi connectivity index (χ1) is 16.1. The first-order valence-electron chi connectivity index (χ1n) is 10.1. The summed E-state index contributed by atoms with van der Waals surface area (Å²) in [7, 11) is 1.33. The molecule has 0 bridgehead atoms. The zero-order valence-corrected chi connectivity index (χ0v) is 19.1. The fraction of sp³-hybridized carbons (Fsp3) is 0.381. The van der Waals surface area contributed by atoms with Gasteiger partial charge < -0.3 is 30.5 Å². The fourth-order valence-electron chi connectivity index (χ4n) is 3.51. The number of fused-ring (bicyclic) bond motifs is 1. The van der Waals surface area contributed by atoms with E-state index < -0.39 is 48.8 Å². The van der Waals surface area contributed by atoms with E-state index in [1.54, 1.807) is 37.3 Å². The Morgan fingerprint density at radius 1 is 1.21 bits per heavy atom. The largest absolute Gasteiger partial charge is 0.479 e. The van der Waals surface area contributed by atoms with Crippen molar-refractivity contribution in [1.82, 2.24) is 19.5 Å². The molecule has 0 aliphatic carbocycles. The van der Waals surface area contributed by atoms with Crippen LogP contribution in [0.4, 0.5) is 5.82 Å². The second-order valence-corrected chi connectivity index (χ2v) is 8.00. The highest BCUT2D eigenvalue weighted by Crippen LogP contribution is 2.28. The van der Waals surface area contributed by atoms with E-state index in [9.17, 15) is 24.9 Å². The number of halogens is 1. The number of benzene rings is 1. The molecule has 0 aliphatic rings. The monoisotopic (exact) mass is 493 g/mol. The first kappa shape index (κ1) is 25.3. The van der Waals surface area contributed by atoms with Crippen molar-refractivity contribution in [2.75, 3.05) is 19.5 Å². The SMILES string of the molecule is CO[C@H](COC(Cc1ccccc1)(C(=O)O)C(=O)O)[C@@H](C)[C@@H](O)n1cnc2c(N)nc(Cl)nc21. The van der Waals surface area contributed by atoms with Crippen LogP contribution in [0.15, 0.2) is 36.7 Å². The minimum Gasteiger partial charge on any atom is -0.479 e. The number of rotatable bonds is 11.